The quantitative estimate of drug-likeness (QED) is 0.924. The van der Waals surface area contributed by atoms with Crippen molar-refractivity contribution in [2.75, 3.05) is 26.7 Å². The molecule has 1 atom stereocenters. The summed E-state index contributed by atoms with van der Waals surface area (Å²) in [6, 6.07) is 8.18. The number of benzene rings is 1. The molecule has 1 unspecified atom stereocenters. The van der Waals surface area contributed by atoms with Gasteiger partial charge < -0.3 is 14.9 Å². The number of carbonyl (C=O) groups excluding carboxylic acids is 1. The third kappa shape index (κ3) is 3.74. The van der Waals surface area contributed by atoms with Crippen LogP contribution in [0.15, 0.2) is 24.3 Å². The normalized spacial score (nSPS) is 15.8. The number of urea groups is 1. The van der Waals surface area contributed by atoms with E-state index in [0.29, 0.717) is 13.1 Å². The number of hydrogen-bond acceptors (Lipinski definition) is 2. The summed E-state index contributed by atoms with van der Waals surface area (Å²) in [5, 5.41) is 8.93. The highest BCUT2D eigenvalue weighted by molar-refractivity contribution is 5.76. The summed E-state index contributed by atoms with van der Waals surface area (Å²) in [5.74, 6) is -1.43. The van der Waals surface area contributed by atoms with Crippen molar-refractivity contribution in [2.24, 2.45) is 5.92 Å². The second kappa shape index (κ2) is 6.61. The molecule has 114 valence electrons. The standard InChI is InChI=1S/C16H22N2O3/c1-12(15(19)20)11-17(2)16(21)18-9-7-13-5-3-4-6-14(13)8-10-18/h3-6,12H,7-11H2,1-2H3,(H,19,20). The van der Waals surface area contributed by atoms with Crippen LogP contribution in [0.2, 0.25) is 0 Å². The molecule has 5 heteroatoms. The highest BCUT2D eigenvalue weighted by Crippen LogP contribution is 2.16. The average molecular weight is 290 g/mol. The van der Waals surface area contributed by atoms with E-state index in [2.05, 4.69) is 12.1 Å². The number of carboxylic acid groups (broad SMARTS) is 1. The summed E-state index contributed by atoms with van der Waals surface area (Å²) in [6.07, 6.45) is 1.70. The zero-order chi connectivity index (χ0) is 15.4. The fourth-order valence-electron chi connectivity index (χ4n) is 2.67. The lowest BCUT2D eigenvalue weighted by molar-refractivity contribution is -0.141. The van der Waals surface area contributed by atoms with Crippen LogP contribution in [-0.2, 0) is 17.6 Å². The second-order valence-corrected chi connectivity index (χ2v) is 5.66. The van der Waals surface area contributed by atoms with E-state index in [9.17, 15) is 9.59 Å². The second-order valence-electron chi connectivity index (χ2n) is 5.66. The molecule has 0 aliphatic carbocycles. The first-order valence-corrected chi connectivity index (χ1v) is 7.28. The lowest BCUT2D eigenvalue weighted by Crippen LogP contribution is -2.44. The smallest absolute Gasteiger partial charge is 0.319 e. The number of amides is 2. The van der Waals surface area contributed by atoms with Gasteiger partial charge in [0.1, 0.15) is 0 Å². The van der Waals surface area contributed by atoms with Gasteiger partial charge in [-0.25, -0.2) is 4.79 Å². The summed E-state index contributed by atoms with van der Waals surface area (Å²) >= 11 is 0. The molecule has 2 amide bonds. The topological polar surface area (TPSA) is 60.9 Å². The Hall–Kier alpha value is -2.04. The minimum atomic E-state index is -0.877. The molecule has 21 heavy (non-hydrogen) atoms. The van der Waals surface area contributed by atoms with Crippen LogP contribution in [0.3, 0.4) is 0 Å². The number of rotatable bonds is 3. The third-order valence-electron chi connectivity index (χ3n) is 3.99. The molecule has 1 aliphatic rings. The van der Waals surface area contributed by atoms with Gasteiger partial charge in [-0.1, -0.05) is 31.2 Å². The molecule has 1 N–H and O–H groups in total. The molecule has 2 rings (SSSR count). The Kier molecular flexibility index (Phi) is 4.83. The van der Waals surface area contributed by atoms with Crippen LogP contribution in [0.1, 0.15) is 18.1 Å². The lowest BCUT2D eigenvalue weighted by atomic mass is 10.0. The molecule has 1 aliphatic heterocycles. The Morgan fingerprint density at radius 1 is 1.24 bits per heavy atom. The molecular formula is C16H22N2O3. The molecule has 0 aromatic heterocycles. The number of hydrogen-bond donors (Lipinski definition) is 1. The summed E-state index contributed by atoms with van der Waals surface area (Å²) in [4.78, 5) is 26.6. The molecule has 0 fully saturated rings. The van der Waals surface area contributed by atoms with Crippen molar-refractivity contribution in [1.82, 2.24) is 9.80 Å². The van der Waals surface area contributed by atoms with Gasteiger partial charge in [-0.15, -0.1) is 0 Å². The zero-order valence-electron chi connectivity index (χ0n) is 12.6. The highest BCUT2D eigenvalue weighted by atomic mass is 16.4. The molecule has 0 saturated carbocycles. The van der Waals surface area contributed by atoms with Crippen LogP contribution < -0.4 is 0 Å². The molecule has 0 radical (unpaired) electrons. The van der Waals surface area contributed by atoms with Gasteiger partial charge in [0.05, 0.1) is 5.92 Å². The van der Waals surface area contributed by atoms with Crippen molar-refractivity contribution in [1.29, 1.82) is 0 Å². The van der Waals surface area contributed by atoms with Gasteiger partial charge in [0, 0.05) is 26.7 Å². The van der Waals surface area contributed by atoms with E-state index in [0.717, 1.165) is 12.8 Å². The fourth-order valence-corrected chi connectivity index (χ4v) is 2.67. The van der Waals surface area contributed by atoms with Crippen LogP contribution >= 0.6 is 0 Å². The van der Waals surface area contributed by atoms with E-state index in [4.69, 9.17) is 5.11 Å². The predicted octanol–water partition coefficient (Wildman–Crippen LogP) is 1.86. The Balaban J connectivity index is 1.97. The van der Waals surface area contributed by atoms with Gasteiger partial charge in [0.2, 0.25) is 0 Å². The summed E-state index contributed by atoms with van der Waals surface area (Å²) in [5.41, 5.74) is 2.60. The Labute approximate surface area is 125 Å². The molecular weight excluding hydrogens is 268 g/mol. The Bertz CT molecular complexity index is 503. The number of carboxylic acids is 1. The monoisotopic (exact) mass is 290 g/mol. The predicted molar refractivity (Wildman–Crippen MR) is 80.2 cm³/mol. The van der Waals surface area contributed by atoms with Crippen molar-refractivity contribution in [2.45, 2.75) is 19.8 Å². The van der Waals surface area contributed by atoms with Crippen molar-refractivity contribution in [3.8, 4) is 0 Å². The maximum Gasteiger partial charge on any atom is 0.319 e. The molecule has 0 bridgehead atoms. The van der Waals surface area contributed by atoms with Crippen LogP contribution in [0.5, 0.6) is 0 Å². The fraction of sp³-hybridized carbons (Fsp3) is 0.500. The maximum atomic E-state index is 12.4. The SMILES string of the molecule is CC(CN(C)C(=O)N1CCc2ccccc2CC1)C(=O)O. The first-order valence-electron chi connectivity index (χ1n) is 7.28. The summed E-state index contributed by atoms with van der Waals surface area (Å²) < 4.78 is 0. The van der Waals surface area contributed by atoms with E-state index < -0.39 is 11.9 Å². The van der Waals surface area contributed by atoms with Gasteiger partial charge in [-0.3, -0.25) is 4.79 Å². The molecule has 1 heterocycles. The van der Waals surface area contributed by atoms with Crippen LogP contribution in [0.25, 0.3) is 0 Å². The van der Waals surface area contributed by atoms with Crippen molar-refractivity contribution >= 4 is 12.0 Å². The molecule has 1 aromatic rings. The number of aliphatic carboxylic acids is 1. The summed E-state index contributed by atoms with van der Waals surface area (Å²) in [6.45, 7) is 3.21. The maximum absolute atomic E-state index is 12.4. The molecule has 0 spiro atoms. The van der Waals surface area contributed by atoms with Crippen LogP contribution in [0.4, 0.5) is 4.79 Å². The third-order valence-corrected chi connectivity index (χ3v) is 3.99. The minimum absolute atomic E-state index is 0.0871. The lowest BCUT2D eigenvalue weighted by Gasteiger charge is -2.28. The first kappa shape index (κ1) is 15.4. The first-order chi connectivity index (χ1) is 9.99. The van der Waals surface area contributed by atoms with Gasteiger partial charge in [-0.2, -0.15) is 0 Å². The van der Waals surface area contributed by atoms with Crippen LogP contribution in [-0.4, -0.2) is 53.6 Å². The summed E-state index contributed by atoms with van der Waals surface area (Å²) in [7, 11) is 1.67. The number of nitrogens with zero attached hydrogens (tertiary/aromatic N) is 2. The number of carbonyl (C=O) groups is 2. The van der Waals surface area contributed by atoms with Gasteiger partial charge in [0.15, 0.2) is 0 Å². The van der Waals surface area contributed by atoms with E-state index in [1.165, 1.54) is 16.0 Å². The number of fused-ring (bicyclic) bond motifs is 1. The van der Waals surface area contributed by atoms with E-state index >= 15 is 0 Å². The van der Waals surface area contributed by atoms with Crippen molar-refractivity contribution < 1.29 is 14.7 Å². The Morgan fingerprint density at radius 3 is 2.24 bits per heavy atom. The van der Waals surface area contributed by atoms with E-state index in [1.54, 1.807) is 14.0 Å². The average Bonchev–Trinajstić information content (AvgIpc) is 2.68. The van der Waals surface area contributed by atoms with E-state index in [1.807, 2.05) is 17.0 Å². The largest absolute Gasteiger partial charge is 0.481 e. The van der Waals surface area contributed by atoms with Gasteiger partial charge in [-0.05, 0) is 24.0 Å². The zero-order valence-corrected chi connectivity index (χ0v) is 12.6. The van der Waals surface area contributed by atoms with Crippen LogP contribution in [0, 0.1) is 5.92 Å². The van der Waals surface area contributed by atoms with Crippen molar-refractivity contribution in [3.05, 3.63) is 35.4 Å². The molecule has 5 nitrogen and oxygen atoms in total. The van der Waals surface area contributed by atoms with Gasteiger partial charge in [0.25, 0.3) is 0 Å². The molecule has 0 saturated heterocycles. The molecule has 1 aromatic carbocycles. The van der Waals surface area contributed by atoms with E-state index in [-0.39, 0.29) is 12.6 Å². The minimum Gasteiger partial charge on any atom is -0.481 e. The highest BCUT2D eigenvalue weighted by Gasteiger charge is 2.23. The van der Waals surface area contributed by atoms with Gasteiger partial charge >= 0.3 is 12.0 Å². The Morgan fingerprint density at radius 2 is 1.76 bits per heavy atom. The van der Waals surface area contributed by atoms with Crippen molar-refractivity contribution in [3.63, 3.8) is 0 Å².